The number of halogens is 4. The Morgan fingerprint density at radius 3 is 2.85 bits per heavy atom. The Hall–Kier alpha value is -1.49. The number of hydrogen-bond donors (Lipinski definition) is 1. The van der Waals surface area contributed by atoms with Crippen LogP contribution in [-0.2, 0) is 16.0 Å². The summed E-state index contributed by atoms with van der Waals surface area (Å²) in [7, 11) is 0. The number of rotatable bonds is 6. The molecule has 0 spiro atoms. The van der Waals surface area contributed by atoms with Gasteiger partial charge in [0.05, 0.1) is 13.2 Å². The molecule has 1 saturated heterocycles. The predicted octanol–water partition coefficient (Wildman–Crippen LogP) is 3.08. The maximum Gasteiger partial charge on any atom is 0.217 e. The lowest BCUT2D eigenvalue weighted by Gasteiger charge is -2.22. The van der Waals surface area contributed by atoms with Gasteiger partial charge in [0.2, 0.25) is 4.73 Å². The summed E-state index contributed by atoms with van der Waals surface area (Å²) >= 11 is 3.09. The molecule has 0 saturated carbocycles. The third-order valence-electron chi connectivity index (χ3n) is 4.02. The van der Waals surface area contributed by atoms with Gasteiger partial charge in [-0.15, -0.1) is 5.10 Å². The molecule has 0 amide bonds. The monoisotopic (exact) mass is 435 g/mol. The third kappa shape index (κ3) is 4.25. The summed E-state index contributed by atoms with van der Waals surface area (Å²) in [5.41, 5.74) is -0.429. The summed E-state index contributed by atoms with van der Waals surface area (Å²) in [5, 5.41) is 14.5. The standard InChI is InChI=1S/C16H17BrF3N3O3/c17-16-21-15(14(24)9-4-5-10(18)13(20)12(9)19)23(22-16)6-8-26-11-3-1-2-7-25-11/h4-5,11,14,24H,1-3,6-8H2. The first-order valence-corrected chi connectivity index (χ1v) is 8.91. The molecule has 1 aromatic carbocycles. The van der Waals surface area contributed by atoms with Crippen LogP contribution >= 0.6 is 15.9 Å². The van der Waals surface area contributed by atoms with Crippen LogP contribution in [0.4, 0.5) is 13.2 Å². The first kappa shape index (κ1) is 19.3. The van der Waals surface area contributed by atoms with Crippen LogP contribution < -0.4 is 0 Å². The first-order valence-electron chi connectivity index (χ1n) is 8.12. The summed E-state index contributed by atoms with van der Waals surface area (Å²) < 4.78 is 53.0. The number of hydrogen-bond acceptors (Lipinski definition) is 5. The van der Waals surface area contributed by atoms with Crippen molar-refractivity contribution in [3.05, 3.63) is 45.7 Å². The minimum absolute atomic E-state index is 0.0186. The number of nitrogens with zero attached hydrogens (tertiary/aromatic N) is 3. The van der Waals surface area contributed by atoms with Crippen molar-refractivity contribution in [1.29, 1.82) is 0 Å². The van der Waals surface area contributed by atoms with E-state index in [1.165, 1.54) is 4.68 Å². The van der Waals surface area contributed by atoms with Gasteiger partial charge in [0.1, 0.15) is 6.10 Å². The highest BCUT2D eigenvalue weighted by molar-refractivity contribution is 9.10. The molecule has 1 aromatic heterocycles. The lowest BCUT2D eigenvalue weighted by molar-refractivity contribution is -0.164. The minimum Gasteiger partial charge on any atom is -0.380 e. The van der Waals surface area contributed by atoms with E-state index in [0.29, 0.717) is 6.61 Å². The van der Waals surface area contributed by atoms with Crippen LogP contribution in [0.15, 0.2) is 16.9 Å². The van der Waals surface area contributed by atoms with E-state index >= 15 is 0 Å². The average Bonchev–Trinajstić information content (AvgIpc) is 3.01. The second-order valence-corrected chi connectivity index (χ2v) is 6.51. The fourth-order valence-electron chi connectivity index (χ4n) is 2.70. The molecule has 2 atom stereocenters. The highest BCUT2D eigenvalue weighted by atomic mass is 79.9. The van der Waals surface area contributed by atoms with Gasteiger partial charge in [-0.3, -0.25) is 0 Å². The van der Waals surface area contributed by atoms with Gasteiger partial charge < -0.3 is 14.6 Å². The molecular weight excluding hydrogens is 419 g/mol. The second-order valence-electron chi connectivity index (χ2n) is 5.80. The van der Waals surface area contributed by atoms with Crippen molar-refractivity contribution in [2.45, 2.75) is 38.2 Å². The zero-order chi connectivity index (χ0) is 18.7. The lowest BCUT2D eigenvalue weighted by atomic mass is 10.1. The Bertz CT molecular complexity index is 769. The van der Waals surface area contributed by atoms with Gasteiger partial charge in [0.15, 0.2) is 29.6 Å². The highest BCUT2D eigenvalue weighted by Crippen LogP contribution is 2.26. The maximum atomic E-state index is 13.9. The quantitative estimate of drug-likeness (QED) is 0.706. The van der Waals surface area contributed by atoms with Crippen molar-refractivity contribution in [2.24, 2.45) is 0 Å². The molecule has 1 N–H and O–H groups in total. The Balaban J connectivity index is 1.73. The van der Waals surface area contributed by atoms with Gasteiger partial charge in [0.25, 0.3) is 0 Å². The smallest absolute Gasteiger partial charge is 0.217 e. The SMILES string of the molecule is OC(c1ccc(F)c(F)c1F)c1nc(Br)nn1CCOC1CCCCO1. The van der Waals surface area contributed by atoms with E-state index in [1.54, 1.807) is 0 Å². The summed E-state index contributed by atoms with van der Waals surface area (Å²) in [6.45, 7) is 1.11. The fraction of sp³-hybridized carbons (Fsp3) is 0.500. The second kappa shape index (κ2) is 8.47. The predicted molar refractivity (Wildman–Crippen MR) is 87.6 cm³/mol. The van der Waals surface area contributed by atoms with Crippen molar-refractivity contribution < 1.29 is 27.8 Å². The highest BCUT2D eigenvalue weighted by Gasteiger charge is 2.25. The van der Waals surface area contributed by atoms with Gasteiger partial charge in [0, 0.05) is 12.2 Å². The molecule has 26 heavy (non-hydrogen) atoms. The van der Waals surface area contributed by atoms with E-state index in [-0.39, 0.29) is 30.0 Å². The van der Waals surface area contributed by atoms with Crippen LogP contribution in [0, 0.1) is 17.5 Å². The van der Waals surface area contributed by atoms with E-state index in [1.807, 2.05) is 0 Å². The zero-order valence-electron chi connectivity index (χ0n) is 13.7. The van der Waals surface area contributed by atoms with Crippen molar-refractivity contribution >= 4 is 15.9 Å². The molecule has 0 aliphatic carbocycles. The number of ether oxygens (including phenoxy) is 2. The van der Waals surface area contributed by atoms with E-state index in [2.05, 4.69) is 26.0 Å². The molecule has 1 fully saturated rings. The lowest BCUT2D eigenvalue weighted by Crippen LogP contribution is -2.24. The van der Waals surface area contributed by atoms with Gasteiger partial charge in [-0.1, -0.05) is 0 Å². The normalized spacial score (nSPS) is 18.9. The van der Waals surface area contributed by atoms with Crippen molar-refractivity contribution in [3.8, 4) is 0 Å². The molecule has 142 valence electrons. The molecule has 2 unspecified atom stereocenters. The Morgan fingerprint density at radius 2 is 2.12 bits per heavy atom. The van der Waals surface area contributed by atoms with Gasteiger partial charge in [-0.2, -0.15) is 0 Å². The number of aliphatic hydroxyl groups is 1. The van der Waals surface area contributed by atoms with Crippen LogP contribution in [0.2, 0.25) is 0 Å². The molecule has 1 aliphatic rings. The number of aliphatic hydroxyl groups excluding tert-OH is 1. The summed E-state index contributed by atoms with van der Waals surface area (Å²) in [6.07, 6.45) is 0.934. The van der Waals surface area contributed by atoms with Crippen LogP contribution in [-0.4, -0.2) is 39.4 Å². The van der Waals surface area contributed by atoms with E-state index in [0.717, 1.165) is 31.4 Å². The number of aromatic nitrogens is 3. The van der Waals surface area contributed by atoms with E-state index < -0.39 is 29.1 Å². The Kier molecular flexibility index (Phi) is 6.28. The topological polar surface area (TPSA) is 69.4 Å². The van der Waals surface area contributed by atoms with Crippen LogP contribution in [0.5, 0.6) is 0 Å². The summed E-state index contributed by atoms with van der Waals surface area (Å²) in [4.78, 5) is 3.99. The van der Waals surface area contributed by atoms with E-state index in [4.69, 9.17) is 9.47 Å². The molecule has 0 bridgehead atoms. The fourth-order valence-corrected chi connectivity index (χ4v) is 3.07. The third-order valence-corrected chi connectivity index (χ3v) is 4.36. The molecule has 1 aliphatic heterocycles. The zero-order valence-corrected chi connectivity index (χ0v) is 15.3. The van der Waals surface area contributed by atoms with Crippen LogP contribution in [0.3, 0.4) is 0 Å². The average molecular weight is 436 g/mol. The number of benzene rings is 1. The van der Waals surface area contributed by atoms with E-state index in [9.17, 15) is 18.3 Å². The van der Waals surface area contributed by atoms with Gasteiger partial charge in [-0.25, -0.2) is 22.8 Å². The molecule has 6 nitrogen and oxygen atoms in total. The summed E-state index contributed by atoms with van der Waals surface area (Å²) in [6, 6.07) is 1.72. The Labute approximate surface area is 156 Å². The summed E-state index contributed by atoms with van der Waals surface area (Å²) in [5.74, 6) is -4.46. The molecule has 10 heteroatoms. The molecule has 3 rings (SSSR count). The largest absolute Gasteiger partial charge is 0.380 e. The van der Waals surface area contributed by atoms with Crippen molar-refractivity contribution in [1.82, 2.24) is 14.8 Å². The maximum absolute atomic E-state index is 13.9. The minimum atomic E-state index is -1.65. The van der Waals surface area contributed by atoms with Gasteiger partial charge in [-0.05, 0) is 47.3 Å². The van der Waals surface area contributed by atoms with Gasteiger partial charge >= 0.3 is 0 Å². The molecule has 0 radical (unpaired) electrons. The first-order chi connectivity index (χ1) is 12.5. The molecule has 2 aromatic rings. The van der Waals surface area contributed by atoms with Crippen LogP contribution in [0.25, 0.3) is 0 Å². The Morgan fingerprint density at radius 1 is 1.31 bits per heavy atom. The van der Waals surface area contributed by atoms with Crippen molar-refractivity contribution in [2.75, 3.05) is 13.2 Å². The van der Waals surface area contributed by atoms with Crippen LogP contribution in [0.1, 0.15) is 36.8 Å². The molecule has 2 heterocycles. The molecular formula is C16H17BrF3N3O3. The van der Waals surface area contributed by atoms with Crippen molar-refractivity contribution in [3.63, 3.8) is 0 Å².